The first-order chi connectivity index (χ1) is 15.2. The zero-order valence-corrected chi connectivity index (χ0v) is 19.0. The number of hydrogen-bond donors (Lipinski definition) is 2. The SMILES string of the molecule is Cc1cccc2cc(-c3noc(C(C)C)n3)c(NCCc3ccc(S(N)(=O)=O)cc3)nc12. The Labute approximate surface area is 186 Å². The van der Waals surface area contributed by atoms with Crippen molar-refractivity contribution in [3.8, 4) is 11.4 Å². The number of rotatable bonds is 7. The number of sulfonamides is 1. The molecular formula is C23H25N5O3S. The number of nitrogens with two attached hydrogens (primary N) is 1. The maximum absolute atomic E-state index is 11.4. The first kappa shape index (κ1) is 21.9. The Morgan fingerprint density at radius 3 is 2.50 bits per heavy atom. The van der Waals surface area contributed by atoms with E-state index in [0.29, 0.717) is 30.5 Å². The lowest BCUT2D eigenvalue weighted by atomic mass is 10.1. The molecule has 0 atom stereocenters. The lowest BCUT2D eigenvalue weighted by molar-refractivity contribution is 0.365. The molecule has 0 radical (unpaired) electrons. The highest BCUT2D eigenvalue weighted by atomic mass is 32.2. The Morgan fingerprint density at radius 2 is 1.84 bits per heavy atom. The van der Waals surface area contributed by atoms with Gasteiger partial charge in [0.15, 0.2) is 0 Å². The molecule has 32 heavy (non-hydrogen) atoms. The van der Waals surface area contributed by atoms with Gasteiger partial charge in [-0.1, -0.05) is 49.3 Å². The van der Waals surface area contributed by atoms with Gasteiger partial charge in [0.1, 0.15) is 5.82 Å². The van der Waals surface area contributed by atoms with Gasteiger partial charge in [0.05, 0.1) is 16.0 Å². The normalized spacial score (nSPS) is 11.9. The molecule has 9 heteroatoms. The van der Waals surface area contributed by atoms with Crippen LogP contribution in [0, 0.1) is 6.92 Å². The maximum atomic E-state index is 11.4. The van der Waals surface area contributed by atoms with Crippen LogP contribution in [0.3, 0.4) is 0 Å². The van der Waals surface area contributed by atoms with Crippen LogP contribution in [-0.4, -0.2) is 30.1 Å². The van der Waals surface area contributed by atoms with Crippen LogP contribution in [-0.2, 0) is 16.4 Å². The van der Waals surface area contributed by atoms with E-state index in [0.717, 1.165) is 27.6 Å². The molecule has 0 aliphatic heterocycles. The highest BCUT2D eigenvalue weighted by Crippen LogP contribution is 2.30. The number of hydrogen-bond acceptors (Lipinski definition) is 7. The van der Waals surface area contributed by atoms with E-state index in [1.54, 1.807) is 12.1 Å². The van der Waals surface area contributed by atoms with E-state index in [-0.39, 0.29) is 10.8 Å². The lowest BCUT2D eigenvalue weighted by Gasteiger charge is -2.12. The van der Waals surface area contributed by atoms with Crippen LogP contribution in [0.15, 0.2) is 57.9 Å². The second kappa shape index (κ2) is 8.68. The van der Waals surface area contributed by atoms with Crippen LogP contribution < -0.4 is 10.5 Å². The summed E-state index contributed by atoms with van der Waals surface area (Å²) in [5.74, 6) is 1.86. The number of fused-ring (bicyclic) bond motifs is 1. The molecule has 0 unspecified atom stereocenters. The number of aromatic nitrogens is 3. The second-order valence-electron chi connectivity index (χ2n) is 8.01. The molecule has 0 saturated carbocycles. The Kier molecular flexibility index (Phi) is 5.94. The fourth-order valence-electron chi connectivity index (χ4n) is 3.40. The zero-order chi connectivity index (χ0) is 22.9. The van der Waals surface area contributed by atoms with Gasteiger partial charge in [-0.25, -0.2) is 18.5 Å². The van der Waals surface area contributed by atoms with E-state index in [1.807, 2.05) is 45.0 Å². The van der Waals surface area contributed by atoms with Gasteiger partial charge in [0.2, 0.25) is 21.7 Å². The van der Waals surface area contributed by atoms with Crippen molar-refractivity contribution in [2.24, 2.45) is 5.14 Å². The second-order valence-corrected chi connectivity index (χ2v) is 9.57. The number of anilines is 1. The van der Waals surface area contributed by atoms with E-state index < -0.39 is 10.0 Å². The number of primary sulfonamides is 1. The molecule has 0 bridgehead atoms. The summed E-state index contributed by atoms with van der Waals surface area (Å²) in [5, 5.41) is 13.7. The van der Waals surface area contributed by atoms with Crippen LogP contribution in [0.1, 0.15) is 36.8 Å². The summed E-state index contributed by atoms with van der Waals surface area (Å²) in [6, 6.07) is 14.6. The molecular weight excluding hydrogens is 426 g/mol. The van der Waals surface area contributed by atoms with Crippen molar-refractivity contribution >= 4 is 26.7 Å². The minimum absolute atomic E-state index is 0.0984. The van der Waals surface area contributed by atoms with Crippen molar-refractivity contribution in [1.82, 2.24) is 15.1 Å². The van der Waals surface area contributed by atoms with Crippen molar-refractivity contribution in [1.29, 1.82) is 0 Å². The van der Waals surface area contributed by atoms with Crippen LogP contribution in [0.5, 0.6) is 0 Å². The summed E-state index contributed by atoms with van der Waals surface area (Å²) in [5.41, 5.74) is 3.73. The van der Waals surface area contributed by atoms with Crippen LogP contribution in [0.4, 0.5) is 5.82 Å². The van der Waals surface area contributed by atoms with Gasteiger partial charge >= 0.3 is 0 Å². The topological polar surface area (TPSA) is 124 Å². The van der Waals surface area contributed by atoms with E-state index in [1.165, 1.54) is 12.1 Å². The molecule has 0 fully saturated rings. The summed E-state index contributed by atoms with van der Waals surface area (Å²) in [7, 11) is -3.70. The number of nitrogens with one attached hydrogen (secondary N) is 1. The first-order valence-electron chi connectivity index (χ1n) is 10.3. The summed E-state index contributed by atoms with van der Waals surface area (Å²) in [4.78, 5) is 9.49. The summed E-state index contributed by atoms with van der Waals surface area (Å²) in [6.45, 7) is 6.61. The van der Waals surface area contributed by atoms with E-state index in [4.69, 9.17) is 14.6 Å². The van der Waals surface area contributed by atoms with Gasteiger partial charge < -0.3 is 9.84 Å². The van der Waals surface area contributed by atoms with Crippen molar-refractivity contribution in [2.45, 2.75) is 38.0 Å². The number of nitrogens with zero attached hydrogens (tertiary/aromatic N) is 3. The van der Waals surface area contributed by atoms with Gasteiger partial charge in [-0.2, -0.15) is 4.98 Å². The molecule has 0 spiro atoms. The smallest absolute Gasteiger partial charge is 0.238 e. The number of pyridine rings is 1. The molecule has 3 N–H and O–H groups in total. The van der Waals surface area contributed by atoms with Crippen molar-refractivity contribution in [3.05, 3.63) is 65.5 Å². The lowest BCUT2D eigenvalue weighted by Crippen LogP contribution is -2.12. The number of para-hydroxylation sites is 1. The molecule has 2 aromatic carbocycles. The van der Waals surface area contributed by atoms with E-state index in [9.17, 15) is 8.42 Å². The van der Waals surface area contributed by atoms with Gasteiger partial charge in [-0.05, 0) is 42.7 Å². The number of benzene rings is 2. The van der Waals surface area contributed by atoms with E-state index in [2.05, 4.69) is 15.5 Å². The highest BCUT2D eigenvalue weighted by molar-refractivity contribution is 7.89. The van der Waals surface area contributed by atoms with Crippen molar-refractivity contribution in [3.63, 3.8) is 0 Å². The van der Waals surface area contributed by atoms with Crippen LogP contribution in [0.2, 0.25) is 0 Å². The fraction of sp³-hybridized carbons (Fsp3) is 0.261. The molecule has 2 heterocycles. The molecule has 0 aliphatic rings. The van der Waals surface area contributed by atoms with Gasteiger partial charge in [0, 0.05) is 17.8 Å². The monoisotopic (exact) mass is 451 g/mol. The minimum Gasteiger partial charge on any atom is -0.369 e. The Morgan fingerprint density at radius 1 is 1.09 bits per heavy atom. The summed E-state index contributed by atoms with van der Waals surface area (Å²) >= 11 is 0. The van der Waals surface area contributed by atoms with Crippen LogP contribution >= 0.6 is 0 Å². The molecule has 0 amide bonds. The third-order valence-corrected chi connectivity index (χ3v) is 6.11. The standard InChI is InChI=1S/C23H25N5O3S/c1-14(2)23-27-22(28-31-23)19-13-17-6-4-5-15(3)20(17)26-21(19)25-12-11-16-7-9-18(10-8-16)32(24,29)30/h4-10,13-14H,11-12H2,1-3H3,(H,25,26)(H2,24,29,30). The third kappa shape index (κ3) is 4.63. The van der Waals surface area contributed by atoms with Crippen molar-refractivity contribution < 1.29 is 12.9 Å². The Hall–Kier alpha value is -3.30. The molecule has 0 aliphatic carbocycles. The molecule has 0 saturated heterocycles. The first-order valence-corrected chi connectivity index (χ1v) is 11.9. The minimum atomic E-state index is -3.70. The predicted molar refractivity (Wildman–Crippen MR) is 124 cm³/mol. The average molecular weight is 452 g/mol. The fourth-order valence-corrected chi connectivity index (χ4v) is 3.92. The van der Waals surface area contributed by atoms with Crippen LogP contribution in [0.25, 0.3) is 22.3 Å². The van der Waals surface area contributed by atoms with E-state index >= 15 is 0 Å². The summed E-state index contributed by atoms with van der Waals surface area (Å²) < 4.78 is 28.3. The summed E-state index contributed by atoms with van der Waals surface area (Å²) in [6.07, 6.45) is 0.668. The van der Waals surface area contributed by atoms with Gasteiger partial charge in [0.25, 0.3) is 0 Å². The average Bonchev–Trinajstić information content (AvgIpc) is 3.24. The molecule has 2 aromatic heterocycles. The molecule has 166 valence electrons. The van der Waals surface area contributed by atoms with Crippen molar-refractivity contribution in [2.75, 3.05) is 11.9 Å². The molecule has 8 nitrogen and oxygen atoms in total. The number of aryl methyl sites for hydroxylation is 1. The zero-order valence-electron chi connectivity index (χ0n) is 18.2. The third-order valence-electron chi connectivity index (χ3n) is 5.18. The Bertz CT molecular complexity index is 1360. The predicted octanol–water partition coefficient (Wildman–Crippen LogP) is 4.02. The maximum Gasteiger partial charge on any atom is 0.238 e. The molecule has 4 aromatic rings. The highest BCUT2D eigenvalue weighted by Gasteiger charge is 2.17. The largest absolute Gasteiger partial charge is 0.369 e. The van der Waals surface area contributed by atoms with Gasteiger partial charge in [-0.15, -0.1) is 0 Å². The van der Waals surface area contributed by atoms with Gasteiger partial charge in [-0.3, -0.25) is 0 Å². The quantitative estimate of drug-likeness (QED) is 0.435. The molecule has 4 rings (SSSR count). The Balaban J connectivity index is 1.62.